The molecule has 4 rings (SSSR count). The largest absolute Gasteiger partial charge is 0.381 e. The highest BCUT2D eigenvalue weighted by molar-refractivity contribution is 5.49. The molecule has 0 aromatic heterocycles. The van der Waals surface area contributed by atoms with Gasteiger partial charge in [-0.15, -0.1) is 0 Å². The van der Waals surface area contributed by atoms with Gasteiger partial charge in [0.2, 0.25) is 0 Å². The fraction of sp³-hybridized carbons (Fsp3) is 0.478. The molecule has 3 nitrogen and oxygen atoms in total. The standard InChI is InChI=1S/C23H30FN3/c24-21-5-7-22(8-6-21)25-17-19-3-9-23(10-4-19)27-15-11-20(12-16-27)18-26-13-1-2-14-26/h3-10,20,25H,1-2,11-18H2. The van der Waals surface area contributed by atoms with Gasteiger partial charge < -0.3 is 15.1 Å². The van der Waals surface area contributed by atoms with Crippen LogP contribution in [0.25, 0.3) is 0 Å². The lowest BCUT2D eigenvalue weighted by atomic mass is 9.96. The van der Waals surface area contributed by atoms with Gasteiger partial charge in [-0.1, -0.05) is 12.1 Å². The Morgan fingerprint density at radius 3 is 2.19 bits per heavy atom. The van der Waals surface area contributed by atoms with E-state index in [9.17, 15) is 4.39 Å². The number of halogens is 1. The fourth-order valence-electron chi connectivity index (χ4n) is 4.30. The van der Waals surface area contributed by atoms with Crippen molar-refractivity contribution in [2.75, 3.05) is 42.9 Å². The molecular formula is C23H30FN3. The molecule has 2 aromatic rings. The molecule has 0 unspecified atom stereocenters. The average molecular weight is 368 g/mol. The number of hydrogen-bond acceptors (Lipinski definition) is 3. The first kappa shape index (κ1) is 18.3. The van der Waals surface area contributed by atoms with Crippen molar-refractivity contribution in [3.63, 3.8) is 0 Å². The second-order valence-corrected chi connectivity index (χ2v) is 7.97. The Bertz CT molecular complexity index is 699. The van der Waals surface area contributed by atoms with Crippen molar-refractivity contribution in [1.82, 2.24) is 4.90 Å². The molecule has 27 heavy (non-hydrogen) atoms. The minimum Gasteiger partial charge on any atom is -0.381 e. The Labute approximate surface area is 162 Å². The van der Waals surface area contributed by atoms with Crippen molar-refractivity contribution in [3.8, 4) is 0 Å². The summed E-state index contributed by atoms with van der Waals surface area (Å²) in [6.07, 6.45) is 5.40. The Kier molecular flexibility index (Phi) is 5.93. The molecular weight excluding hydrogens is 337 g/mol. The quantitative estimate of drug-likeness (QED) is 0.795. The average Bonchev–Trinajstić information content (AvgIpc) is 3.22. The van der Waals surface area contributed by atoms with E-state index >= 15 is 0 Å². The lowest BCUT2D eigenvalue weighted by molar-refractivity contribution is 0.249. The van der Waals surface area contributed by atoms with E-state index in [1.54, 1.807) is 12.1 Å². The Morgan fingerprint density at radius 2 is 1.52 bits per heavy atom. The fourth-order valence-corrected chi connectivity index (χ4v) is 4.30. The molecule has 0 spiro atoms. The summed E-state index contributed by atoms with van der Waals surface area (Å²) in [5, 5.41) is 3.34. The smallest absolute Gasteiger partial charge is 0.123 e. The maximum atomic E-state index is 13.0. The summed E-state index contributed by atoms with van der Waals surface area (Å²) < 4.78 is 13.0. The lowest BCUT2D eigenvalue weighted by Crippen LogP contribution is -2.38. The van der Waals surface area contributed by atoms with Crippen LogP contribution in [-0.2, 0) is 6.54 Å². The van der Waals surface area contributed by atoms with Gasteiger partial charge >= 0.3 is 0 Å². The minimum absolute atomic E-state index is 0.200. The molecule has 0 saturated carbocycles. The Balaban J connectivity index is 1.24. The number of nitrogens with one attached hydrogen (secondary N) is 1. The van der Waals surface area contributed by atoms with E-state index in [1.807, 2.05) is 0 Å². The van der Waals surface area contributed by atoms with E-state index in [0.29, 0.717) is 0 Å². The molecule has 1 N–H and O–H groups in total. The number of anilines is 2. The molecule has 0 atom stereocenters. The van der Waals surface area contributed by atoms with Crippen LogP contribution in [0.15, 0.2) is 48.5 Å². The first-order chi connectivity index (χ1) is 13.3. The first-order valence-corrected chi connectivity index (χ1v) is 10.3. The predicted octanol–water partition coefficient (Wildman–Crippen LogP) is 4.75. The molecule has 2 aromatic carbocycles. The van der Waals surface area contributed by atoms with Crippen molar-refractivity contribution in [3.05, 3.63) is 59.9 Å². The van der Waals surface area contributed by atoms with Crippen molar-refractivity contribution in [2.45, 2.75) is 32.2 Å². The van der Waals surface area contributed by atoms with E-state index < -0.39 is 0 Å². The SMILES string of the molecule is Fc1ccc(NCc2ccc(N3CCC(CN4CCCC4)CC3)cc2)cc1. The summed E-state index contributed by atoms with van der Waals surface area (Å²) in [7, 11) is 0. The van der Waals surface area contributed by atoms with Gasteiger partial charge in [0.15, 0.2) is 0 Å². The number of likely N-dealkylation sites (tertiary alicyclic amines) is 1. The Hall–Kier alpha value is -2.07. The molecule has 2 saturated heterocycles. The van der Waals surface area contributed by atoms with E-state index in [-0.39, 0.29) is 5.82 Å². The van der Waals surface area contributed by atoms with Crippen LogP contribution in [0.3, 0.4) is 0 Å². The monoisotopic (exact) mass is 367 g/mol. The topological polar surface area (TPSA) is 18.5 Å². The van der Waals surface area contributed by atoms with E-state index in [2.05, 4.69) is 39.4 Å². The third-order valence-corrected chi connectivity index (χ3v) is 5.97. The van der Waals surface area contributed by atoms with Gasteiger partial charge in [-0.05, 0) is 86.7 Å². The second kappa shape index (κ2) is 8.75. The molecule has 0 aliphatic carbocycles. The normalized spacial score (nSPS) is 18.8. The zero-order valence-electron chi connectivity index (χ0n) is 16.0. The summed E-state index contributed by atoms with van der Waals surface area (Å²) in [5.41, 5.74) is 3.52. The van der Waals surface area contributed by atoms with Gasteiger partial charge in [0.05, 0.1) is 0 Å². The first-order valence-electron chi connectivity index (χ1n) is 10.3. The number of benzene rings is 2. The van der Waals surface area contributed by atoms with Gasteiger partial charge in [0.1, 0.15) is 5.82 Å². The highest BCUT2D eigenvalue weighted by atomic mass is 19.1. The Morgan fingerprint density at radius 1 is 0.852 bits per heavy atom. The van der Waals surface area contributed by atoms with Gasteiger partial charge in [0, 0.05) is 37.6 Å². The zero-order valence-corrected chi connectivity index (χ0v) is 16.0. The molecule has 0 bridgehead atoms. The summed E-state index contributed by atoms with van der Waals surface area (Å²) >= 11 is 0. The van der Waals surface area contributed by atoms with Crippen LogP contribution < -0.4 is 10.2 Å². The van der Waals surface area contributed by atoms with Crippen LogP contribution in [0, 0.1) is 11.7 Å². The van der Waals surface area contributed by atoms with E-state index in [0.717, 1.165) is 18.2 Å². The molecule has 2 aliphatic rings. The third-order valence-electron chi connectivity index (χ3n) is 5.97. The summed E-state index contributed by atoms with van der Waals surface area (Å²) in [4.78, 5) is 5.18. The highest BCUT2D eigenvalue weighted by Gasteiger charge is 2.22. The molecule has 2 fully saturated rings. The molecule has 2 aliphatic heterocycles. The number of hydrogen-bond donors (Lipinski definition) is 1. The van der Waals surface area contributed by atoms with Crippen LogP contribution in [-0.4, -0.2) is 37.6 Å². The van der Waals surface area contributed by atoms with Crippen molar-refractivity contribution in [1.29, 1.82) is 0 Å². The van der Waals surface area contributed by atoms with Gasteiger partial charge in [-0.3, -0.25) is 0 Å². The van der Waals surface area contributed by atoms with Crippen molar-refractivity contribution in [2.24, 2.45) is 5.92 Å². The van der Waals surface area contributed by atoms with Crippen molar-refractivity contribution < 1.29 is 4.39 Å². The maximum Gasteiger partial charge on any atom is 0.123 e. The summed E-state index contributed by atoms with van der Waals surface area (Å²) in [6.45, 7) is 7.03. The minimum atomic E-state index is -0.200. The summed E-state index contributed by atoms with van der Waals surface area (Å²) in [5.74, 6) is 0.674. The zero-order chi connectivity index (χ0) is 18.5. The van der Waals surface area contributed by atoms with Crippen molar-refractivity contribution >= 4 is 11.4 Å². The van der Waals surface area contributed by atoms with Crippen LogP contribution in [0.4, 0.5) is 15.8 Å². The molecule has 2 heterocycles. The van der Waals surface area contributed by atoms with Gasteiger partial charge in [-0.25, -0.2) is 4.39 Å². The lowest BCUT2D eigenvalue weighted by Gasteiger charge is -2.35. The molecule has 4 heteroatoms. The summed E-state index contributed by atoms with van der Waals surface area (Å²) in [6, 6.07) is 15.4. The number of rotatable bonds is 6. The van der Waals surface area contributed by atoms with Gasteiger partial charge in [-0.2, -0.15) is 0 Å². The van der Waals surface area contributed by atoms with Crippen LogP contribution in [0.2, 0.25) is 0 Å². The van der Waals surface area contributed by atoms with Crippen LogP contribution in [0.1, 0.15) is 31.2 Å². The van der Waals surface area contributed by atoms with E-state index in [1.165, 1.54) is 81.8 Å². The third kappa shape index (κ3) is 5.01. The van der Waals surface area contributed by atoms with Gasteiger partial charge in [0.25, 0.3) is 0 Å². The van der Waals surface area contributed by atoms with E-state index in [4.69, 9.17) is 0 Å². The highest BCUT2D eigenvalue weighted by Crippen LogP contribution is 2.25. The molecule has 0 radical (unpaired) electrons. The number of nitrogens with zero attached hydrogens (tertiary/aromatic N) is 2. The molecule has 0 amide bonds. The second-order valence-electron chi connectivity index (χ2n) is 7.97. The van der Waals surface area contributed by atoms with Crippen LogP contribution >= 0.6 is 0 Å². The van der Waals surface area contributed by atoms with Crippen LogP contribution in [0.5, 0.6) is 0 Å². The molecule has 144 valence electrons. The number of piperidine rings is 1. The predicted molar refractivity (Wildman–Crippen MR) is 111 cm³/mol. The maximum absolute atomic E-state index is 13.0.